The third-order valence-electron chi connectivity index (χ3n) is 4.63. The Hall–Kier alpha value is -1.02. The lowest BCUT2D eigenvalue weighted by Crippen LogP contribution is -2.27. The van der Waals surface area contributed by atoms with Crippen molar-refractivity contribution < 1.29 is 33.1 Å². The molecule has 0 aromatic heterocycles. The van der Waals surface area contributed by atoms with Crippen molar-refractivity contribution in [2.24, 2.45) is 5.73 Å². The zero-order valence-corrected chi connectivity index (χ0v) is 20.6. The number of hydrogen-bond donors (Lipinski definition) is 3. The first-order valence-corrected chi connectivity index (χ1v) is 13.4. The number of unbranched alkanes of at least 4 members (excludes halogenated alkanes) is 8. The summed E-state index contributed by atoms with van der Waals surface area (Å²) in [5.41, 5.74) is 5.19. The third kappa shape index (κ3) is 20.9. The van der Waals surface area contributed by atoms with Gasteiger partial charge in [0, 0.05) is 13.0 Å². The first-order valence-electron chi connectivity index (χ1n) is 11.9. The minimum atomic E-state index is -4.26. The first-order chi connectivity index (χ1) is 15.4. The number of aliphatic hydroxyl groups excluding tert-OH is 1. The maximum Gasteiger partial charge on any atom is 0.472 e. The van der Waals surface area contributed by atoms with Crippen LogP contribution < -0.4 is 5.73 Å². The predicted molar refractivity (Wildman–Crippen MR) is 127 cm³/mol. The van der Waals surface area contributed by atoms with Crippen LogP contribution in [0, 0.1) is 0 Å². The molecule has 0 fully saturated rings. The summed E-state index contributed by atoms with van der Waals surface area (Å²) >= 11 is 0. The summed E-state index contributed by atoms with van der Waals surface area (Å²) in [6.45, 7) is 1.21. The Morgan fingerprint density at radius 1 is 0.969 bits per heavy atom. The quantitative estimate of drug-likeness (QED) is 0.0878. The number of hydrogen-bond acceptors (Lipinski definition) is 7. The molecule has 0 aliphatic carbocycles. The van der Waals surface area contributed by atoms with Gasteiger partial charge >= 0.3 is 13.8 Å². The van der Waals surface area contributed by atoms with Gasteiger partial charge in [-0.2, -0.15) is 0 Å². The summed E-state index contributed by atoms with van der Waals surface area (Å²) in [7, 11) is -4.26. The number of esters is 1. The van der Waals surface area contributed by atoms with Gasteiger partial charge in [0.1, 0.15) is 6.10 Å². The van der Waals surface area contributed by atoms with Gasteiger partial charge in [-0.05, 0) is 38.5 Å². The van der Waals surface area contributed by atoms with Crippen LogP contribution >= 0.6 is 7.82 Å². The van der Waals surface area contributed by atoms with E-state index in [1.54, 1.807) is 0 Å². The molecule has 0 saturated carbocycles. The zero-order valence-electron chi connectivity index (χ0n) is 19.7. The fraction of sp³-hybridized carbons (Fsp3) is 0.783. The number of ether oxygens (including phenoxy) is 1. The molecule has 4 N–H and O–H groups in total. The van der Waals surface area contributed by atoms with Gasteiger partial charge in [0.15, 0.2) is 0 Å². The number of carbonyl (C=O) groups excluding carboxylic acids is 1. The van der Waals surface area contributed by atoms with Crippen LogP contribution in [0.1, 0.15) is 84.0 Å². The van der Waals surface area contributed by atoms with Crippen molar-refractivity contribution in [1.29, 1.82) is 0 Å². The molecule has 0 saturated heterocycles. The molecule has 9 heteroatoms. The molecule has 0 aromatic rings. The predicted octanol–water partition coefficient (Wildman–Crippen LogP) is 4.80. The van der Waals surface area contributed by atoms with E-state index in [0.717, 1.165) is 38.5 Å². The second kappa shape index (κ2) is 21.8. The van der Waals surface area contributed by atoms with Crippen molar-refractivity contribution in [1.82, 2.24) is 0 Å². The van der Waals surface area contributed by atoms with Crippen LogP contribution in [-0.2, 0) is 23.1 Å². The van der Waals surface area contributed by atoms with Crippen LogP contribution in [0.4, 0.5) is 0 Å². The Labute approximate surface area is 193 Å². The van der Waals surface area contributed by atoms with E-state index in [1.807, 2.05) is 0 Å². The summed E-state index contributed by atoms with van der Waals surface area (Å²) in [6, 6.07) is 0. The van der Waals surface area contributed by atoms with Crippen LogP contribution in [0.3, 0.4) is 0 Å². The monoisotopic (exact) mass is 477 g/mol. The first kappa shape index (κ1) is 31.0. The Bertz CT molecular complexity index is 554. The number of aliphatic hydroxyl groups is 1. The molecular weight excluding hydrogens is 433 g/mol. The van der Waals surface area contributed by atoms with E-state index in [1.165, 1.54) is 25.7 Å². The van der Waals surface area contributed by atoms with Crippen LogP contribution in [0.15, 0.2) is 24.3 Å². The molecule has 0 amide bonds. The van der Waals surface area contributed by atoms with Gasteiger partial charge in [-0.15, -0.1) is 0 Å². The SMILES string of the molecule is CCCCC/C=C\C/C=C\CCCCCCCC(=O)OC(CO)COP(=O)(O)OCCN. The van der Waals surface area contributed by atoms with E-state index >= 15 is 0 Å². The summed E-state index contributed by atoms with van der Waals surface area (Å²) in [6.07, 6.45) is 20.2. The third-order valence-corrected chi connectivity index (χ3v) is 5.61. The number of rotatable bonds is 22. The molecule has 0 aromatic carbocycles. The fourth-order valence-electron chi connectivity index (χ4n) is 2.83. The number of phosphoric ester groups is 1. The molecule has 2 unspecified atom stereocenters. The second-order valence-corrected chi connectivity index (χ2v) is 9.11. The number of nitrogens with two attached hydrogens (primary N) is 1. The molecule has 32 heavy (non-hydrogen) atoms. The highest BCUT2D eigenvalue weighted by molar-refractivity contribution is 7.47. The van der Waals surface area contributed by atoms with E-state index in [0.29, 0.717) is 6.42 Å². The van der Waals surface area contributed by atoms with Crippen molar-refractivity contribution in [3.63, 3.8) is 0 Å². The molecule has 8 nitrogen and oxygen atoms in total. The van der Waals surface area contributed by atoms with E-state index in [9.17, 15) is 19.4 Å². The van der Waals surface area contributed by atoms with Crippen LogP contribution in [-0.4, -0.2) is 48.4 Å². The van der Waals surface area contributed by atoms with Gasteiger partial charge in [-0.25, -0.2) is 4.57 Å². The summed E-state index contributed by atoms with van der Waals surface area (Å²) in [4.78, 5) is 21.3. The molecule has 0 radical (unpaired) electrons. The van der Waals surface area contributed by atoms with Crippen molar-refractivity contribution in [2.75, 3.05) is 26.4 Å². The number of allylic oxidation sites excluding steroid dienone is 4. The molecule has 0 aliphatic rings. The van der Waals surface area contributed by atoms with Gasteiger partial charge in [0.05, 0.1) is 19.8 Å². The molecule has 188 valence electrons. The second-order valence-electron chi connectivity index (χ2n) is 7.66. The average Bonchev–Trinajstić information content (AvgIpc) is 2.77. The lowest BCUT2D eigenvalue weighted by Gasteiger charge is -2.17. The molecule has 0 spiro atoms. The van der Waals surface area contributed by atoms with Crippen molar-refractivity contribution >= 4 is 13.8 Å². The standard InChI is InChI=1S/C23H44NO7P/c1-2-3-4-5-6-7-8-9-10-11-12-13-14-15-16-17-23(26)31-22(20-25)21-30-32(27,28)29-19-18-24/h6-7,9-10,22,25H,2-5,8,11-21,24H2,1H3,(H,27,28)/b7-6-,10-9-. The van der Waals surface area contributed by atoms with Gasteiger partial charge < -0.3 is 20.5 Å². The summed E-state index contributed by atoms with van der Waals surface area (Å²) in [5, 5.41) is 9.25. The summed E-state index contributed by atoms with van der Waals surface area (Å²) in [5.74, 6) is -0.464. The maximum atomic E-state index is 11.9. The molecule has 0 aliphatic heterocycles. The molecule has 2 atom stereocenters. The lowest BCUT2D eigenvalue weighted by molar-refractivity contribution is -0.153. The molecule has 0 heterocycles. The Morgan fingerprint density at radius 2 is 1.59 bits per heavy atom. The summed E-state index contributed by atoms with van der Waals surface area (Å²) < 4.78 is 25.9. The maximum absolute atomic E-state index is 11.9. The van der Waals surface area contributed by atoms with Gasteiger partial charge in [0.25, 0.3) is 0 Å². The van der Waals surface area contributed by atoms with E-state index in [4.69, 9.17) is 15.0 Å². The number of carbonyl (C=O) groups is 1. The van der Waals surface area contributed by atoms with Crippen molar-refractivity contribution in [3.8, 4) is 0 Å². The van der Waals surface area contributed by atoms with E-state index < -0.39 is 33.1 Å². The van der Waals surface area contributed by atoms with Crippen LogP contribution in [0.25, 0.3) is 0 Å². The number of phosphoric acid groups is 1. The van der Waals surface area contributed by atoms with Gasteiger partial charge in [-0.3, -0.25) is 13.8 Å². The molecular formula is C23H44NO7P. The average molecular weight is 478 g/mol. The largest absolute Gasteiger partial charge is 0.472 e. The minimum Gasteiger partial charge on any atom is -0.457 e. The van der Waals surface area contributed by atoms with Crippen LogP contribution in [0.2, 0.25) is 0 Å². The lowest BCUT2D eigenvalue weighted by atomic mass is 10.1. The Balaban J connectivity index is 3.69. The minimum absolute atomic E-state index is 0.0693. The van der Waals surface area contributed by atoms with Gasteiger partial charge in [-0.1, -0.05) is 63.3 Å². The van der Waals surface area contributed by atoms with Gasteiger partial charge in [0.2, 0.25) is 0 Å². The molecule has 0 rings (SSSR count). The van der Waals surface area contributed by atoms with E-state index in [2.05, 4.69) is 35.8 Å². The van der Waals surface area contributed by atoms with E-state index in [-0.39, 0.29) is 19.6 Å². The fourth-order valence-corrected chi connectivity index (χ4v) is 3.60. The van der Waals surface area contributed by atoms with Crippen molar-refractivity contribution in [3.05, 3.63) is 24.3 Å². The highest BCUT2D eigenvalue weighted by atomic mass is 31.2. The van der Waals surface area contributed by atoms with Crippen LogP contribution in [0.5, 0.6) is 0 Å². The smallest absolute Gasteiger partial charge is 0.457 e. The van der Waals surface area contributed by atoms with Crippen molar-refractivity contribution in [2.45, 2.75) is 90.1 Å². The molecule has 0 bridgehead atoms. The normalized spacial score (nSPS) is 14.8. The highest BCUT2D eigenvalue weighted by Crippen LogP contribution is 2.42. The Morgan fingerprint density at radius 3 is 2.22 bits per heavy atom. The Kier molecular flexibility index (Phi) is 21.1. The highest BCUT2D eigenvalue weighted by Gasteiger charge is 2.24. The topological polar surface area (TPSA) is 128 Å². The zero-order chi connectivity index (χ0) is 23.9.